The van der Waals surface area contributed by atoms with Crippen molar-refractivity contribution in [2.45, 2.75) is 19.2 Å². The number of ether oxygens (including phenoxy) is 1. The molecule has 0 bridgehead atoms. The summed E-state index contributed by atoms with van der Waals surface area (Å²) in [5.74, 6) is 0. The Morgan fingerprint density at radius 1 is 1.04 bits per heavy atom. The molecule has 0 radical (unpaired) electrons. The molecule has 0 N–H and O–H groups in total. The quantitative estimate of drug-likeness (QED) is 0.706. The van der Waals surface area contributed by atoms with Gasteiger partial charge in [-0.3, -0.25) is 9.88 Å². The Morgan fingerprint density at radius 3 is 2.80 bits per heavy atom. The van der Waals surface area contributed by atoms with E-state index in [1.54, 1.807) is 6.20 Å². The zero-order valence-corrected chi connectivity index (χ0v) is 14.4. The van der Waals surface area contributed by atoms with Crippen molar-refractivity contribution in [2.24, 2.45) is 0 Å². The molecular weight excluding hydrogens is 308 g/mol. The molecule has 0 saturated carbocycles. The Bertz CT molecular complexity index is 847. The van der Waals surface area contributed by atoms with E-state index < -0.39 is 0 Å². The molecule has 1 atom stereocenters. The minimum atomic E-state index is 0.0204. The highest BCUT2D eigenvalue weighted by Crippen LogP contribution is 2.30. The van der Waals surface area contributed by atoms with Gasteiger partial charge in [0, 0.05) is 18.9 Å². The predicted molar refractivity (Wildman–Crippen MR) is 100.0 cm³/mol. The van der Waals surface area contributed by atoms with Gasteiger partial charge >= 0.3 is 0 Å². The maximum Gasteiger partial charge on any atom is 0.137 e. The summed E-state index contributed by atoms with van der Waals surface area (Å²) in [5, 5.41) is 0. The van der Waals surface area contributed by atoms with Crippen molar-refractivity contribution in [1.29, 1.82) is 0 Å². The number of hydrogen-bond acceptors (Lipinski definition) is 3. The van der Waals surface area contributed by atoms with Crippen LogP contribution in [0.3, 0.4) is 0 Å². The van der Waals surface area contributed by atoms with Crippen molar-refractivity contribution in [3.05, 3.63) is 89.7 Å². The topological polar surface area (TPSA) is 25.4 Å². The van der Waals surface area contributed by atoms with Crippen LogP contribution in [-0.4, -0.2) is 23.5 Å². The van der Waals surface area contributed by atoms with Gasteiger partial charge in [0.05, 0.1) is 6.61 Å². The van der Waals surface area contributed by atoms with Crippen LogP contribution < -0.4 is 0 Å². The Labute approximate surface area is 148 Å². The first kappa shape index (κ1) is 16.0. The third kappa shape index (κ3) is 3.48. The number of aromatic nitrogens is 1. The van der Waals surface area contributed by atoms with E-state index in [4.69, 9.17) is 4.74 Å². The Morgan fingerprint density at radius 2 is 1.92 bits per heavy atom. The van der Waals surface area contributed by atoms with Crippen LogP contribution in [0.15, 0.2) is 73.1 Å². The third-order valence-corrected chi connectivity index (χ3v) is 4.72. The fourth-order valence-corrected chi connectivity index (χ4v) is 3.49. The van der Waals surface area contributed by atoms with Crippen LogP contribution in [0.5, 0.6) is 0 Å². The molecule has 1 aromatic heterocycles. The highest BCUT2D eigenvalue weighted by Gasteiger charge is 2.24. The van der Waals surface area contributed by atoms with Gasteiger partial charge in [-0.1, -0.05) is 48.5 Å². The molecule has 1 aliphatic rings. The van der Waals surface area contributed by atoms with E-state index in [0.29, 0.717) is 0 Å². The summed E-state index contributed by atoms with van der Waals surface area (Å²) >= 11 is 0. The summed E-state index contributed by atoms with van der Waals surface area (Å²) in [5.41, 5.74) is 6.31. The molecule has 25 heavy (non-hydrogen) atoms. The lowest BCUT2D eigenvalue weighted by atomic mass is 10.00. The minimum absolute atomic E-state index is 0.0204. The van der Waals surface area contributed by atoms with Crippen LogP contribution in [0.2, 0.25) is 0 Å². The number of hydrogen-bond donors (Lipinski definition) is 0. The molecule has 0 saturated heterocycles. The summed E-state index contributed by atoms with van der Waals surface area (Å²) < 4.78 is 6.07. The molecule has 3 aromatic rings. The maximum absolute atomic E-state index is 6.07. The van der Waals surface area contributed by atoms with Crippen molar-refractivity contribution < 1.29 is 4.74 Å². The summed E-state index contributed by atoms with van der Waals surface area (Å²) in [7, 11) is 2.13. The molecule has 0 fully saturated rings. The molecule has 3 heteroatoms. The van der Waals surface area contributed by atoms with E-state index in [1.807, 2.05) is 12.3 Å². The van der Waals surface area contributed by atoms with Crippen molar-refractivity contribution in [1.82, 2.24) is 9.88 Å². The van der Waals surface area contributed by atoms with Crippen molar-refractivity contribution in [3.8, 4) is 11.1 Å². The van der Waals surface area contributed by atoms with Crippen LogP contribution in [-0.2, 0) is 17.7 Å². The molecule has 1 unspecified atom stereocenters. The molecule has 2 aromatic carbocycles. The predicted octanol–water partition coefficient (Wildman–Crippen LogP) is 4.45. The lowest BCUT2D eigenvalue weighted by molar-refractivity contribution is -0.0624. The molecule has 126 valence electrons. The van der Waals surface area contributed by atoms with E-state index in [9.17, 15) is 0 Å². The van der Waals surface area contributed by atoms with Gasteiger partial charge in [-0.15, -0.1) is 0 Å². The summed E-state index contributed by atoms with van der Waals surface area (Å²) in [4.78, 5) is 6.50. The molecule has 4 rings (SSSR count). The molecule has 0 amide bonds. The van der Waals surface area contributed by atoms with E-state index in [1.165, 1.54) is 22.3 Å². The number of rotatable bonds is 4. The molecule has 0 aliphatic carbocycles. The summed E-state index contributed by atoms with van der Waals surface area (Å²) in [6.07, 6.45) is 4.73. The fraction of sp³-hybridized carbons (Fsp3) is 0.227. The zero-order valence-electron chi connectivity index (χ0n) is 14.4. The van der Waals surface area contributed by atoms with Gasteiger partial charge in [-0.25, -0.2) is 0 Å². The number of fused-ring (bicyclic) bond motifs is 1. The van der Waals surface area contributed by atoms with Crippen LogP contribution >= 0.6 is 0 Å². The second kappa shape index (κ2) is 7.18. The summed E-state index contributed by atoms with van der Waals surface area (Å²) in [6, 6.07) is 21.3. The average Bonchev–Trinajstić information content (AvgIpc) is 2.68. The lowest BCUT2D eigenvalue weighted by Crippen LogP contribution is -2.30. The standard InChI is InChI=1S/C22H22N2O/c1-24(22-21-10-3-2-7-18(21)11-13-25-22)16-17-6-4-8-19(14-17)20-9-5-12-23-15-20/h2-10,12,14-15,22H,11,13,16H2,1H3. The van der Waals surface area contributed by atoms with Gasteiger partial charge in [-0.05, 0) is 53.4 Å². The number of pyridine rings is 1. The van der Waals surface area contributed by atoms with E-state index in [2.05, 4.69) is 71.5 Å². The van der Waals surface area contributed by atoms with Crippen LogP contribution in [0.25, 0.3) is 11.1 Å². The highest BCUT2D eigenvalue weighted by molar-refractivity contribution is 5.62. The molecule has 2 heterocycles. The summed E-state index contributed by atoms with van der Waals surface area (Å²) in [6.45, 7) is 1.62. The molecule has 1 aliphatic heterocycles. The number of nitrogens with zero attached hydrogens (tertiary/aromatic N) is 2. The van der Waals surface area contributed by atoms with Crippen molar-refractivity contribution in [2.75, 3.05) is 13.7 Å². The third-order valence-electron chi connectivity index (χ3n) is 4.72. The van der Waals surface area contributed by atoms with Gasteiger partial charge in [0.25, 0.3) is 0 Å². The van der Waals surface area contributed by atoms with Gasteiger partial charge in [-0.2, -0.15) is 0 Å². The minimum Gasteiger partial charge on any atom is -0.358 e. The first-order valence-electron chi connectivity index (χ1n) is 8.70. The monoisotopic (exact) mass is 330 g/mol. The first-order valence-corrected chi connectivity index (χ1v) is 8.70. The van der Waals surface area contributed by atoms with Crippen LogP contribution in [0.1, 0.15) is 22.9 Å². The van der Waals surface area contributed by atoms with Gasteiger partial charge < -0.3 is 4.74 Å². The van der Waals surface area contributed by atoms with E-state index in [0.717, 1.165) is 25.1 Å². The second-order valence-corrected chi connectivity index (χ2v) is 6.53. The fourth-order valence-electron chi connectivity index (χ4n) is 3.49. The van der Waals surface area contributed by atoms with Crippen molar-refractivity contribution in [3.63, 3.8) is 0 Å². The molecule has 0 spiro atoms. The second-order valence-electron chi connectivity index (χ2n) is 6.53. The van der Waals surface area contributed by atoms with Crippen LogP contribution in [0, 0.1) is 0 Å². The largest absolute Gasteiger partial charge is 0.358 e. The number of benzene rings is 2. The average molecular weight is 330 g/mol. The van der Waals surface area contributed by atoms with Crippen LogP contribution in [0.4, 0.5) is 0 Å². The Kier molecular flexibility index (Phi) is 4.59. The molecular formula is C22H22N2O. The lowest BCUT2D eigenvalue weighted by Gasteiger charge is -2.33. The Balaban J connectivity index is 1.55. The normalized spacial score (nSPS) is 16.6. The maximum atomic E-state index is 6.07. The Hall–Kier alpha value is -2.49. The SMILES string of the molecule is CN(Cc1cccc(-c2cccnc2)c1)C1OCCc2ccccc21. The van der Waals surface area contributed by atoms with Gasteiger partial charge in [0.15, 0.2) is 0 Å². The van der Waals surface area contributed by atoms with Crippen molar-refractivity contribution >= 4 is 0 Å². The smallest absolute Gasteiger partial charge is 0.137 e. The first-order chi connectivity index (χ1) is 12.3. The van der Waals surface area contributed by atoms with Gasteiger partial charge in [0.1, 0.15) is 6.23 Å². The molecule has 3 nitrogen and oxygen atoms in total. The van der Waals surface area contributed by atoms with Gasteiger partial charge in [0.2, 0.25) is 0 Å². The van der Waals surface area contributed by atoms with E-state index >= 15 is 0 Å². The van der Waals surface area contributed by atoms with E-state index in [-0.39, 0.29) is 6.23 Å². The zero-order chi connectivity index (χ0) is 17.1. The highest BCUT2D eigenvalue weighted by atomic mass is 16.5.